The molecule has 0 aliphatic carbocycles. The Labute approximate surface area is 135 Å². The summed E-state index contributed by atoms with van der Waals surface area (Å²) in [5.41, 5.74) is 0.237. The minimum Gasteiger partial charge on any atom is -0.478 e. The summed E-state index contributed by atoms with van der Waals surface area (Å²) in [6, 6.07) is 8.43. The van der Waals surface area contributed by atoms with E-state index in [0.717, 1.165) is 0 Å². The molecule has 0 radical (unpaired) electrons. The van der Waals surface area contributed by atoms with Crippen LogP contribution in [0.1, 0.15) is 20.7 Å². The minimum absolute atomic E-state index is 0.0686. The van der Waals surface area contributed by atoms with E-state index in [1.165, 1.54) is 36.4 Å². The number of nitrogens with one attached hydrogen (secondary N) is 1. The number of anilines is 1. The minimum atomic E-state index is -1.17. The Morgan fingerprint density at radius 3 is 2.10 bits per heavy atom. The van der Waals surface area contributed by atoms with E-state index in [-0.39, 0.29) is 16.8 Å². The molecule has 0 aliphatic heterocycles. The van der Waals surface area contributed by atoms with Crippen molar-refractivity contribution in [3.63, 3.8) is 0 Å². The van der Waals surface area contributed by atoms with E-state index in [4.69, 9.17) is 39.9 Å². The lowest BCUT2D eigenvalue weighted by atomic mass is 10.1. The Morgan fingerprint density at radius 1 is 0.905 bits per heavy atom. The van der Waals surface area contributed by atoms with E-state index < -0.39 is 11.9 Å². The monoisotopic (exact) mass is 343 g/mol. The smallest absolute Gasteiger partial charge is 0.337 e. The van der Waals surface area contributed by atoms with Crippen LogP contribution in [0.4, 0.5) is 5.69 Å². The van der Waals surface area contributed by atoms with Gasteiger partial charge in [-0.25, -0.2) is 4.79 Å². The van der Waals surface area contributed by atoms with Crippen molar-refractivity contribution in [2.75, 3.05) is 5.32 Å². The Balaban J connectivity index is 2.35. The van der Waals surface area contributed by atoms with E-state index in [2.05, 4.69) is 5.32 Å². The van der Waals surface area contributed by atoms with Gasteiger partial charge in [0.1, 0.15) is 0 Å². The quantitative estimate of drug-likeness (QED) is 0.855. The number of hydrogen-bond donors (Lipinski definition) is 2. The van der Waals surface area contributed by atoms with Crippen LogP contribution < -0.4 is 5.32 Å². The molecule has 0 saturated heterocycles. The van der Waals surface area contributed by atoms with Crippen LogP contribution in [0.25, 0.3) is 0 Å². The normalized spacial score (nSPS) is 10.2. The predicted molar refractivity (Wildman–Crippen MR) is 82.8 cm³/mol. The third-order valence-corrected chi connectivity index (χ3v) is 3.26. The summed E-state index contributed by atoms with van der Waals surface area (Å²) in [6.45, 7) is 0. The van der Waals surface area contributed by atoms with Crippen LogP contribution in [0.15, 0.2) is 36.4 Å². The van der Waals surface area contributed by atoms with E-state index in [9.17, 15) is 9.59 Å². The Morgan fingerprint density at radius 2 is 1.52 bits per heavy atom. The van der Waals surface area contributed by atoms with Gasteiger partial charge in [-0.3, -0.25) is 4.79 Å². The molecule has 0 atom stereocenters. The van der Waals surface area contributed by atoms with Gasteiger partial charge >= 0.3 is 5.97 Å². The van der Waals surface area contributed by atoms with Crippen LogP contribution in [-0.2, 0) is 0 Å². The van der Waals surface area contributed by atoms with E-state index in [1.54, 1.807) is 0 Å². The first kappa shape index (κ1) is 15.6. The number of amides is 1. The van der Waals surface area contributed by atoms with Crippen molar-refractivity contribution >= 4 is 52.4 Å². The summed E-state index contributed by atoms with van der Waals surface area (Å²) in [7, 11) is 0. The van der Waals surface area contributed by atoms with Crippen LogP contribution in [0, 0.1) is 0 Å². The number of rotatable bonds is 3. The molecule has 2 aromatic rings. The molecule has 0 spiro atoms. The summed E-state index contributed by atoms with van der Waals surface area (Å²) in [4.78, 5) is 23.3. The number of carbonyl (C=O) groups is 2. The fourth-order valence-corrected chi connectivity index (χ4v) is 2.38. The summed E-state index contributed by atoms with van der Waals surface area (Å²) in [5.74, 6) is -1.71. The molecule has 0 fully saturated rings. The predicted octanol–water partition coefficient (Wildman–Crippen LogP) is 4.60. The number of benzene rings is 2. The van der Waals surface area contributed by atoms with Gasteiger partial charge in [-0.1, -0.05) is 34.8 Å². The van der Waals surface area contributed by atoms with Gasteiger partial charge in [0, 0.05) is 20.6 Å². The SMILES string of the molecule is O=C(Nc1cc(Cl)ccc1C(=O)O)c1cc(Cl)cc(Cl)c1. The van der Waals surface area contributed by atoms with Gasteiger partial charge in [-0.05, 0) is 36.4 Å². The van der Waals surface area contributed by atoms with Crippen molar-refractivity contribution in [2.45, 2.75) is 0 Å². The molecule has 0 unspecified atom stereocenters. The standard InChI is InChI=1S/C14H8Cl3NO3/c15-8-1-2-11(14(20)21)12(6-8)18-13(19)7-3-9(16)5-10(17)4-7/h1-6H,(H,18,19)(H,20,21). The first-order valence-corrected chi connectivity index (χ1v) is 6.80. The second kappa shape index (κ2) is 6.35. The fourth-order valence-electron chi connectivity index (χ4n) is 1.69. The zero-order chi connectivity index (χ0) is 15.6. The van der Waals surface area contributed by atoms with Gasteiger partial charge < -0.3 is 10.4 Å². The van der Waals surface area contributed by atoms with Gasteiger partial charge in [0.25, 0.3) is 5.91 Å². The van der Waals surface area contributed by atoms with Gasteiger partial charge in [0.05, 0.1) is 11.3 Å². The maximum atomic E-state index is 12.1. The number of hydrogen-bond acceptors (Lipinski definition) is 2. The number of carboxylic acid groups (broad SMARTS) is 1. The fraction of sp³-hybridized carbons (Fsp3) is 0. The molecule has 0 saturated carbocycles. The molecule has 108 valence electrons. The van der Waals surface area contributed by atoms with Crippen molar-refractivity contribution in [3.8, 4) is 0 Å². The summed E-state index contributed by atoms with van der Waals surface area (Å²) >= 11 is 17.5. The first-order valence-electron chi connectivity index (χ1n) is 5.67. The van der Waals surface area contributed by atoms with Crippen molar-refractivity contribution in [1.29, 1.82) is 0 Å². The van der Waals surface area contributed by atoms with Crippen LogP contribution in [0.5, 0.6) is 0 Å². The second-order valence-electron chi connectivity index (χ2n) is 4.11. The molecular weight excluding hydrogens is 337 g/mol. The molecule has 0 heterocycles. The van der Waals surface area contributed by atoms with E-state index in [0.29, 0.717) is 15.1 Å². The summed E-state index contributed by atoms with van der Waals surface area (Å²) in [6.07, 6.45) is 0. The Kier molecular flexibility index (Phi) is 4.73. The van der Waals surface area contributed by atoms with Crippen molar-refractivity contribution < 1.29 is 14.7 Å². The van der Waals surface area contributed by atoms with Crippen molar-refractivity contribution in [3.05, 3.63) is 62.6 Å². The third kappa shape index (κ3) is 3.88. The van der Waals surface area contributed by atoms with Crippen molar-refractivity contribution in [1.82, 2.24) is 0 Å². The summed E-state index contributed by atoms with van der Waals surface area (Å²) < 4.78 is 0. The van der Waals surface area contributed by atoms with E-state index >= 15 is 0 Å². The molecule has 2 rings (SSSR count). The first-order chi connectivity index (χ1) is 9.86. The number of carbonyl (C=O) groups excluding carboxylic acids is 1. The van der Waals surface area contributed by atoms with Crippen LogP contribution in [0.3, 0.4) is 0 Å². The van der Waals surface area contributed by atoms with Crippen LogP contribution in [-0.4, -0.2) is 17.0 Å². The molecular formula is C14H8Cl3NO3. The second-order valence-corrected chi connectivity index (χ2v) is 5.42. The molecule has 7 heteroatoms. The number of halogens is 3. The Hall–Kier alpha value is -1.75. The average molecular weight is 345 g/mol. The zero-order valence-corrected chi connectivity index (χ0v) is 12.6. The van der Waals surface area contributed by atoms with Crippen LogP contribution in [0.2, 0.25) is 15.1 Å². The largest absolute Gasteiger partial charge is 0.478 e. The maximum absolute atomic E-state index is 12.1. The highest BCUT2D eigenvalue weighted by molar-refractivity contribution is 6.35. The highest BCUT2D eigenvalue weighted by atomic mass is 35.5. The highest BCUT2D eigenvalue weighted by Gasteiger charge is 2.15. The van der Waals surface area contributed by atoms with Crippen molar-refractivity contribution in [2.24, 2.45) is 0 Å². The third-order valence-electron chi connectivity index (χ3n) is 2.58. The zero-order valence-electron chi connectivity index (χ0n) is 10.4. The Bertz CT molecular complexity index is 711. The molecule has 4 nitrogen and oxygen atoms in total. The van der Waals surface area contributed by atoms with Gasteiger partial charge in [0.2, 0.25) is 0 Å². The molecule has 2 aromatic carbocycles. The van der Waals surface area contributed by atoms with Gasteiger partial charge in [-0.15, -0.1) is 0 Å². The lowest BCUT2D eigenvalue weighted by molar-refractivity contribution is 0.0698. The number of carboxylic acids is 1. The van der Waals surface area contributed by atoms with Crippen LogP contribution >= 0.6 is 34.8 Å². The topological polar surface area (TPSA) is 66.4 Å². The lowest BCUT2D eigenvalue weighted by Gasteiger charge is -2.09. The molecule has 0 bridgehead atoms. The number of aromatic carboxylic acids is 1. The molecule has 0 aliphatic rings. The van der Waals surface area contributed by atoms with Gasteiger partial charge in [0.15, 0.2) is 0 Å². The molecule has 21 heavy (non-hydrogen) atoms. The average Bonchev–Trinajstić information content (AvgIpc) is 2.37. The highest BCUT2D eigenvalue weighted by Crippen LogP contribution is 2.24. The van der Waals surface area contributed by atoms with Gasteiger partial charge in [-0.2, -0.15) is 0 Å². The van der Waals surface area contributed by atoms with E-state index in [1.807, 2.05) is 0 Å². The molecule has 0 aromatic heterocycles. The molecule has 1 amide bonds. The maximum Gasteiger partial charge on any atom is 0.337 e. The molecule has 2 N–H and O–H groups in total. The lowest BCUT2D eigenvalue weighted by Crippen LogP contribution is -2.14. The summed E-state index contributed by atoms with van der Waals surface area (Å²) in [5, 5.41) is 12.5.